The minimum atomic E-state index is -0.411. The average Bonchev–Trinajstić information content (AvgIpc) is 2.77. The van der Waals surface area contributed by atoms with E-state index in [2.05, 4.69) is 6.92 Å². The van der Waals surface area contributed by atoms with Crippen molar-refractivity contribution in [3.05, 3.63) is 35.6 Å². The minimum absolute atomic E-state index is 0.135. The number of hydrogen-bond donors (Lipinski definition) is 0. The number of likely N-dealkylation sites (tertiary alicyclic amines) is 1. The highest BCUT2D eigenvalue weighted by atomic mass is 19.1. The zero-order chi connectivity index (χ0) is 21.6. The molecule has 1 fully saturated rings. The Hall–Kier alpha value is -1.91. The molecule has 168 valence electrons. The second kappa shape index (κ2) is 14.2. The van der Waals surface area contributed by atoms with Crippen LogP contribution < -0.4 is 0 Å². The van der Waals surface area contributed by atoms with Crippen molar-refractivity contribution in [1.29, 1.82) is 0 Å². The van der Waals surface area contributed by atoms with Gasteiger partial charge in [0.05, 0.1) is 12.5 Å². The van der Waals surface area contributed by atoms with Gasteiger partial charge in [-0.15, -0.1) is 0 Å². The third-order valence-corrected chi connectivity index (χ3v) is 5.93. The monoisotopic (exact) mass is 419 g/mol. The van der Waals surface area contributed by atoms with Crippen molar-refractivity contribution in [1.82, 2.24) is 4.90 Å². The summed E-state index contributed by atoms with van der Waals surface area (Å²) in [5.74, 6) is -0.855. The van der Waals surface area contributed by atoms with Crippen LogP contribution in [0.15, 0.2) is 24.3 Å². The average molecular weight is 420 g/mol. The fraction of sp³-hybridized carbons (Fsp3) is 0.680. The van der Waals surface area contributed by atoms with E-state index in [4.69, 9.17) is 4.74 Å². The van der Waals surface area contributed by atoms with Gasteiger partial charge in [0.25, 0.3) is 5.91 Å². The van der Waals surface area contributed by atoms with Crippen LogP contribution in [-0.2, 0) is 9.53 Å². The van der Waals surface area contributed by atoms with Crippen LogP contribution in [0.1, 0.15) is 94.3 Å². The molecule has 4 nitrogen and oxygen atoms in total. The number of unbranched alkanes of at least 4 members (excludes halogenated alkanes) is 9. The van der Waals surface area contributed by atoms with Crippen LogP contribution in [0.5, 0.6) is 0 Å². The Balaban J connectivity index is 1.52. The Morgan fingerprint density at radius 2 is 1.57 bits per heavy atom. The number of carbonyl (C=O) groups is 2. The molecule has 1 aliphatic rings. The van der Waals surface area contributed by atoms with Gasteiger partial charge in [0.15, 0.2) is 0 Å². The highest BCUT2D eigenvalue weighted by Gasteiger charge is 2.28. The minimum Gasteiger partial charge on any atom is -0.465 e. The summed E-state index contributed by atoms with van der Waals surface area (Å²) >= 11 is 0. The molecule has 0 radical (unpaired) electrons. The first kappa shape index (κ1) is 24.4. The van der Waals surface area contributed by atoms with Gasteiger partial charge in [0, 0.05) is 18.7 Å². The number of amides is 1. The molecule has 0 spiro atoms. The van der Waals surface area contributed by atoms with Gasteiger partial charge in [-0.2, -0.15) is 0 Å². The number of nitrogens with zero attached hydrogens (tertiary/aromatic N) is 1. The Bertz CT molecular complexity index is 641. The van der Waals surface area contributed by atoms with E-state index in [1.165, 1.54) is 63.5 Å². The number of esters is 1. The van der Waals surface area contributed by atoms with E-state index in [-0.39, 0.29) is 17.8 Å². The molecule has 2 rings (SSSR count). The molecular weight excluding hydrogens is 381 g/mol. The predicted molar refractivity (Wildman–Crippen MR) is 118 cm³/mol. The molecule has 0 atom stereocenters. The zero-order valence-electron chi connectivity index (χ0n) is 18.5. The second-order valence-electron chi connectivity index (χ2n) is 8.43. The van der Waals surface area contributed by atoms with Crippen LogP contribution >= 0.6 is 0 Å². The summed E-state index contributed by atoms with van der Waals surface area (Å²) in [6.07, 6.45) is 13.8. The lowest BCUT2D eigenvalue weighted by Gasteiger charge is -2.31. The van der Waals surface area contributed by atoms with Crippen molar-refractivity contribution in [3.8, 4) is 0 Å². The highest BCUT2D eigenvalue weighted by molar-refractivity contribution is 5.94. The number of hydrogen-bond acceptors (Lipinski definition) is 3. The number of ether oxygens (including phenoxy) is 1. The van der Waals surface area contributed by atoms with Gasteiger partial charge in [-0.05, 0) is 37.5 Å². The molecule has 0 saturated carbocycles. The summed E-state index contributed by atoms with van der Waals surface area (Å²) in [5.41, 5.74) is 0.358. The van der Waals surface area contributed by atoms with Crippen LogP contribution in [0.4, 0.5) is 4.39 Å². The van der Waals surface area contributed by atoms with E-state index in [0.29, 0.717) is 38.1 Å². The van der Waals surface area contributed by atoms with Gasteiger partial charge >= 0.3 is 5.97 Å². The van der Waals surface area contributed by atoms with Crippen molar-refractivity contribution in [2.24, 2.45) is 5.92 Å². The third-order valence-electron chi connectivity index (χ3n) is 5.93. The maximum absolute atomic E-state index is 13.3. The first-order valence-corrected chi connectivity index (χ1v) is 11.8. The van der Waals surface area contributed by atoms with E-state index < -0.39 is 5.82 Å². The lowest BCUT2D eigenvalue weighted by molar-refractivity contribution is -0.150. The number of benzene rings is 1. The molecule has 1 heterocycles. The fourth-order valence-corrected chi connectivity index (χ4v) is 4.00. The zero-order valence-corrected chi connectivity index (χ0v) is 18.5. The molecule has 5 heteroatoms. The van der Waals surface area contributed by atoms with E-state index in [1.807, 2.05) is 0 Å². The Morgan fingerprint density at radius 3 is 2.17 bits per heavy atom. The molecule has 0 aliphatic carbocycles. The normalized spacial score (nSPS) is 14.7. The molecule has 0 N–H and O–H groups in total. The van der Waals surface area contributed by atoms with Gasteiger partial charge in [-0.1, -0.05) is 70.8 Å². The summed E-state index contributed by atoms with van der Waals surface area (Å²) in [5, 5.41) is 0. The molecule has 30 heavy (non-hydrogen) atoms. The molecule has 1 saturated heterocycles. The molecular formula is C25H38FNO3. The van der Waals surface area contributed by atoms with Crippen molar-refractivity contribution < 1.29 is 18.7 Å². The molecule has 1 aromatic rings. The van der Waals surface area contributed by atoms with Crippen molar-refractivity contribution in [2.45, 2.75) is 84.0 Å². The first-order valence-electron chi connectivity index (χ1n) is 11.8. The smallest absolute Gasteiger partial charge is 0.309 e. The van der Waals surface area contributed by atoms with E-state index in [1.54, 1.807) is 17.0 Å². The predicted octanol–water partition coefficient (Wildman–Crippen LogP) is 6.14. The Morgan fingerprint density at radius 1 is 0.967 bits per heavy atom. The molecule has 0 bridgehead atoms. The fourth-order valence-electron chi connectivity index (χ4n) is 4.00. The Labute approximate surface area is 181 Å². The maximum atomic E-state index is 13.3. The summed E-state index contributed by atoms with van der Waals surface area (Å²) in [6.45, 7) is 3.75. The number of halogens is 1. The molecule has 0 aromatic heterocycles. The van der Waals surface area contributed by atoms with Crippen LogP contribution in [0.3, 0.4) is 0 Å². The van der Waals surface area contributed by atoms with Crippen LogP contribution in [0.2, 0.25) is 0 Å². The van der Waals surface area contributed by atoms with Gasteiger partial charge in [-0.3, -0.25) is 9.59 Å². The lowest BCUT2D eigenvalue weighted by Crippen LogP contribution is -2.40. The molecule has 1 aliphatic heterocycles. The van der Waals surface area contributed by atoms with Gasteiger partial charge in [0.1, 0.15) is 5.82 Å². The standard InChI is InChI=1S/C25H38FNO3/c1-2-3-4-5-6-7-8-9-10-11-19-30-25(29)21-15-17-27(18-16-21)24(28)22-13-12-14-23(26)20-22/h12-14,20-21H,2-11,15-19H2,1H3. The highest BCUT2D eigenvalue weighted by Crippen LogP contribution is 2.21. The third kappa shape index (κ3) is 8.85. The van der Waals surface area contributed by atoms with E-state index in [0.717, 1.165) is 12.8 Å². The summed E-state index contributed by atoms with van der Waals surface area (Å²) in [6, 6.07) is 5.75. The molecule has 0 unspecified atom stereocenters. The lowest BCUT2D eigenvalue weighted by atomic mass is 9.96. The maximum Gasteiger partial charge on any atom is 0.309 e. The van der Waals surface area contributed by atoms with Gasteiger partial charge in [-0.25, -0.2) is 4.39 Å². The van der Waals surface area contributed by atoms with Crippen molar-refractivity contribution >= 4 is 11.9 Å². The van der Waals surface area contributed by atoms with Crippen LogP contribution in [0, 0.1) is 11.7 Å². The summed E-state index contributed by atoms with van der Waals surface area (Å²) in [7, 11) is 0. The van der Waals surface area contributed by atoms with Crippen LogP contribution in [-0.4, -0.2) is 36.5 Å². The number of carbonyl (C=O) groups excluding carboxylic acids is 2. The topological polar surface area (TPSA) is 46.6 Å². The van der Waals surface area contributed by atoms with E-state index in [9.17, 15) is 14.0 Å². The van der Waals surface area contributed by atoms with Crippen LogP contribution in [0.25, 0.3) is 0 Å². The largest absolute Gasteiger partial charge is 0.465 e. The van der Waals surface area contributed by atoms with Crippen molar-refractivity contribution in [2.75, 3.05) is 19.7 Å². The number of piperidine rings is 1. The summed E-state index contributed by atoms with van der Waals surface area (Å²) in [4.78, 5) is 26.4. The number of rotatable bonds is 13. The van der Waals surface area contributed by atoms with Gasteiger partial charge < -0.3 is 9.64 Å². The Kier molecular flexibility index (Phi) is 11.5. The molecule has 1 amide bonds. The van der Waals surface area contributed by atoms with Gasteiger partial charge in [0.2, 0.25) is 0 Å². The van der Waals surface area contributed by atoms with E-state index >= 15 is 0 Å². The second-order valence-corrected chi connectivity index (χ2v) is 8.43. The van der Waals surface area contributed by atoms with Crippen molar-refractivity contribution in [3.63, 3.8) is 0 Å². The SMILES string of the molecule is CCCCCCCCCCCCOC(=O)C1CCN(C(=O)c2cccc(F)c2)CC1. The summed E-state index contributed by atoms with van der Waals surface area (Å²) < 4.78 is 18.8. The molecule has 1 aromatic carbocycles. The first-order chi connectivity index (χ1) is 14.6. The quantitative estimate of drug-likeness (QED) is 0.285.